The van der Waals surface area contributed by atoms with Crippen LogP contribution >= 0.6 is 0 Å². The fourth-order valence-corrected chi connectivity index (χ4v) is 1.13. The molecule has 1 aromatic carbocycles. The maximum atomic E-state index is 10.9. The summed E-state index contributed by atoms with van der Waals surface area (Å²) in [6.45, 7) is 0. The van der Waals surface area contributed by atoms with Crippen LogP contribution in [0.15, 0.2) is 33.5 Å². The van der Waals surface area contributed by atoms with Crippen molar-refractivity contribution in [2.24, 2.45) is 0 Å². The quantitative estimate of drug-likeness (QED) is 0.559. The molecule has 0 unspecified atom stereocenters. The molecule has 1 heterocycles. The molecule has 0 aliphatic rings. The van der Waals surface area contributed by atoms with E-state index in [0.29, 0.717) is 10.9 Å². The van der Waals surface area contributed by atoms with E-state index in [1.165, 1.54) is 0 Å². The standard InChI is InChI=1S/C10H5NO2/c1-2-9-7-5-3-4-6-8(7)11-10(12)13-9/h1,3-6H. The van der Waals surface area contributed by atoms with Crippen molar-refractivity contribution in [3.8, 4) is 12.3 Å². The summed E-state index contributed by atoms with van der Waals surface area (Å²) in [5.74, 6) is 1.88. The largest absolute Gasteiger partial charge is 0.440 e. The molecule has 0 spiro atoms. The maximum absolute atomic E-state index is 10.9. The average Bonchev–Trinajstić information content (AvgIpc) is 2.16. The Bertz CT molecular complexity index is 549. The van der Waals surface area contributed by atoms with Crippen LogP contribution < -0.4 is 5.76 Å². The van der Waals surface area contributed by atoms with E-state index in [2.05, 4.69) is 10.9 Å². The van der Waals surface area contributed by atoms with Crippen molar-refractivity contribution in [2.75, 3.05) is 0 Å². The number of aromatic nitrogens is 1. The number of hydrogen-bond donors (Lipinski definition) is 0. The molecule has 0 radical (unpaired) electrons. The molecule has 62 valence electrons. The van der Waals surface area contributed by atoms with E-state index in [0.717, 1.165) is 0 Å². The van der Waals surface area contributed by atoms with Gasteiger partial charge in [-0.15, -0.1) is 6.42 Å². The predicted molar refractivity (Wildman–Crippen MR) is 48.2 cm³/mol. The molecule has 1 aromatic heterocycles. The second-order valence-electron chi connectivity index (χ2n) is 2.47. The Morgan fingerprint density at radius 3 is 2.92 bits per heavy atom. The Hall–Kier alpha value is -2.08. The minimum atomic E-state index is -0.661. The molecule has 0 saturated heterocycles. The Morgan fingerprint density at radius 2 is 2.15 bits per heavy atom. The van der Waals surface area contributed by atoms with Crippen LogP contribution in [0.1, 0.15) is 5.76 Å². The van der Waals surface area contributed by atoms with Gasteiger partial charge in [-0.05, 0) is 18.1 Å². The van der Waals surface area contributed by atoms with Gasteiger partial charge in [0.1, 0.15) is 0 Å². The fraction of sp³-hybridized carbons (Fsp3) is 0. The van der Waals surface area contributed by atoms with Gasteiger partial charge in [-0.2, -0.15) is 4.98 Å². The highest BCUT2D eigenvalue weighted by Gasteiger charge is 2.02. The van der Waals surface area contributed by atoms with Crippen LogP contribution in [0, 0.1) is 12.3 Å². The fourth-order valence-electron chi connectivity index (χ4n) is 1.13. The van der Waals surface area contributed by atoms with Gasteiger partial charge in [-0.1, -0.05) is 12.1 Å². The number of para-hydroxylation sites is 1. The topological polar surface area (TPSA) is 43.1 Å². The lowest BCUT2D eigenvalue weighted by atomic mass is 10.2. The highest BCUT2D eigenvalue weighted by Crippen LogP contribution is 2.12. The van der Waals surface area contributed by atoms with Crippen molar-refractivity contribution < 1.29 is 4.42 Å². The average molecular weight is 171 g/mol. The first-order valence-corrected chi connectivity index (χ1v) is 3.68. The second-order valence-corrected chi connectivity index (χ2v) is 2.47. The van der Waals surface area contributed by atoms with Crippen molar-refractivity contribution in [3.05, 3.63) is 40.6 Å². The van der Waals surface area contributed by atoms with Crippen molar-refractivity contribution in [1.29, 1.82) is 0 Å². The molecular formula is C10H5NO2. The number of benzene rings is 1. The Morgan fingerprint density at radius 1 is 1.38 bits per heavy atom. The van der Waals surface area contributed by atoms with Gasteiger partial charge in [0.15, 0.2) is 5.76 Å². The van der Waals surface area contributed by atoms with Crippen LogP contribution in [0.5, 0.6) is 0 Å². The number of nitrogens with zero attached hydrogens (tertiary/aromatic N) is 1. The third kappa shape index (κ3) is 1.18. The van der Waals surface area contributed by atoms with Crippen LogP contribution in [-0.4, -0.2) is 4.98 Å². The van der Waals surface area contributed by atoms with E-state index in [1.807, 2.05) is 6.07 Å². The van der Waals surface area contributed by atoms with Crippen molar-refractivity contribution in [2.45, 2.75) is 0 Å². The SMILES string of the molecule is C#Cc1oc(=O)nc2ccccc12. The molecular weight excluding hydrogens is 166 g/mol. The molecule has 13 heavy (non-hydrogen) atoms. The van der Waals surface area contributed by atoms with Gasteiger partial charge in [0.25, 0.3) is 0 Å². The molecule has 2 aromatic rings. The lowest BCUT2D eigenvalue weighted by molar-refractivity contribution is 0.482. The first kappa shape index (κ1) is 7.56. The first-order valence-electron chi connectivity index (χ1n) is 3.68. The summed E-state index contributed by atoms with van der Waals surface area (Å²) in [5.41, 5.74) is 0.562. The molecule has 0 fully saturated rings. The van der Waals surface area contributed by atoms with E-state index in [-0.39, 0.29) is 5.76 Å². The molecule has 2 rings (SSSR count). The smallest absolute Gasteiger partial charge is 0.399 e. The normalized spacial score (nSPS) is 9.77. The van der Waals surface area contributed by atoms with E-state index in [4.69, 9.17) is 10.8 Å². The molecule has 0 bridgehead atoms. The minimum Gasteiger partial charge on any atom is -0.399 e. The summed E-state index contributed by atoms with van der Waals surface area (Å²) in [7, 11) is 0. The molecule has 0 saturated carbocycles. The van der Waals surface area contributed by atoms with Crippen LogP contribution in [0.25, 0.3) is 10.9 Å². The van der Waals surface area contributed by atoms with Gasteiger partial charge in [0, 0.05) is 0 Å². The zero-order valence-electron chi connectivity index (χ0n) is 6.65. The zero-order chi connectivity index (χ0) is 9.26. The van der Waals surface area contributed by atoms with Gasteiger partial charge in [0.2, 0.25) is 0 Å². The maximum Gasteiger partial charge on any atom is 0.440 e. The van der Waals surface area contributed by atoms with Crippen molar-refractivity contribution >= 4 is 10.9 Å². The van der Waals surface area contributed by atoms with E-state index in [1.54, 1.807) is 18.2 Å². The Kier molecular flexibility index (Phi) is 1.60. The second kappa shape index (κ2) is 2.76. The van der Waals surface area contributed by atoms with E-state index >= 15 is 0 Å². The highest BCUT2D eigenvalue weighted by atomic mass is 16.4. The summed E-state index contributed by atoms with van der Waals surface area (Å²) in [5, 5.41) is 0.685. The monoisotopic (exact) mass is 171 g/mol. The van der Waals surface area contributed by atoms with Crippen LogP contribution in [0.3, 0.4) is 0 Å². The molecule has 0 aliphatic carbocycles. The summed E-state index contributed by atoms with van der Waals surface area (Å²) in [6.07, 6.45) is 5.17. The molecule has 0 amide bonds. The predicted octanol–water partition coefficient (Wildman–Crippen LogP) is 1.17. The molecule has 3 heteroatoms. The molecule has 0 N–H and O–H groups in total. The van der Waals surface area contributed by atoms with Crippen LogP contribution in [0.2, 0.25) is 0 Å². The van der Waals surface area contributed by atoms with Crippen LogP contribution in [0.4, 0.5) is 0 Å². The van der Waals surface area contributed by atoms with Crippen LogP contribution in [-0.2, 0) is 0 Å². The van der Waals surface area contributed by atoms with Gasteiger partial charge < -0.3 is 4.42 Å². The molecule has 3 nitrogen and oxygen atoms in total. The Labute approximate surface area is 74.0 Å². The lowest BCUT2D eigenvalue weighted by Gasteiger charge is -1.95. The number of rotatable bonds is 0. The summed E-state index contributed by atoms with van der Waals surface area (Å²) in [6, 6.07) is 7.08. The summed E-state index contributed by atoms with van der Waals surface area (Å²) in [4.78, 5) is 14.6. The molecule has 0 aliphatic heterocycles. The summed E-state index contributed by atoms with van der Waals surface area (Å²) < 4.78 is 4.74. The van der Waals surface area contributed by atoms with E-state index < -0.39 is 5.76 Å². The third-order valence-corrected chi connectivity index (χ3v) is 1.68. The van der Waals surface area contributed by atoms with Gasteiger partial charge in [-0.25, -0.2) is 4.79 Å². The Balaban J connectivity index is 3.00. The van der Waals surface area contributed by atoms with Gasteiger partial charge >= 0.3 is 5.76 Å². The van der Waals surface area contributed by atoms with Gasteiger partial charge in [0.05, 0.1) is 10.9 Å². The van der Waals surface area contributed by atoms with Crippen molar-refractivity contribution in [1.82, 2.24) is 4.98 Å². The first-order chi connectivity index (χ1) is 6.31. The number of terminal acetylenes is 1. The lowest BCUT2D eigenvalue weighted by Crippen LogP contribution is -2.04. The zero-order valence-corrected chi connectivity index (χ0v) is 6.65. The summed E-state index contributed by atoms with van der Waals surface area (Å²) >= 11 is 0. The highest BCUT2D eigenvalue weighted by molar-refractivity contribution is 5.82. The van der Waals surface area contributed by atoms with Gasteiger partial charge in [-0.3, -0.25) is 0 Å². The number of fused-ring (bicyclic) bond motifs is 1. The van der Waals surface area contributed by atoms with E-state index in [9.17, 15) is 4.79 Å². The molecule has 0 atom stereocenters. The minimum absolute atomic E-state index is 0.232. The van der Waals surface area contributed by atoms with Crippen molar-refractivity contribution in [3.63, 3.8) is 0 Å². The third-order valence-electron chi connectivity index (χ3n) is 1.68. The number of hydrogen-bond acceptors (Lipinski definition) is 3.